The van der Waals surface area contributed by atoms with Crippen molar-refractivity contribution in [1.29, 1.82) is 0 Å². The van der Waals surface area contributed by atoms with Crippen molar-refractivity contribution < 1.29 is 9.31 Å². The summed E-state index contributed by atoms with van der Waals surface area (Å²) < 4.78 is 12.6. The fourth-order valence-corrected chi connectivity index (χ4v) is 3.31. The number of nitrogens with one attached hydrogen (secondary N) is 1. The first-order valence-electron chi connectivity index (χ1n) is 9.48. The third kappa shape index (κ3) is 4.19. The maximum absolute atomic E-state index is 6.29. The first-order valence-corrected chi connectivity index (χ1v) is 9.48. The quantitative estimate of drug-likeness (QED) is 0.779. The van der Waals surface area contributed by atoms with Gasteiger partial charge in [-0.15, -0.1) is 0 Å². The van der Waals surface area contributed by atoms with Crippen LogP contribution in [0.2, 0.25) is 0 Å². The Kier molecular flexibility index (Phi) is 6.19. The molecule has 0 unspecified atom stereocenters. The molecule has 0 spiro atoms. The molecule has 1 aromatic rings. The normalized spacial score (nSPS) is 19.5. The molecular weight excluding hydrogens is 309 g/mol. The Bertz CT molecular complexity index is 608. The van der Waals surface area contributed by atoms with E-state index < -0.39 is 0 Å². The highest BCUT2D eigenvalue weighted by molar-refractivity contribution is 6.56. The molecule has 1 N–H and O–H groups in total. The van der Waals surface area contributed by atoms with Crippen LogP contribution >= 0.6 is 0 Å². The van der Waals surface area contributed by atoms with E-state index in [0.29, 0.717) is 0 Å². The van der Waals surface area contributed by atoms with Gasteiger partial charge in [0, 0.05) is 6.54 Å². The van der Waals surface area contributed by atoms with E-state index in [-0.39, 0.29) is 18.3 Å². The van der Waals surface area contributed by atoms with Gasteiger partial charge in [0.1, 0.15) is 0 Å². The SMILES string of the molecule is CCc1cc(C)cc(CC)c1C=C(CNC)B1OC(C)(C)C(C)(C)O1. The van der Waals surface area contributed by atoms with E-state index in [9.17, 15) is 0 Å². The van der Waals surface area contributed by atoms with Gasteiger partial charge in [-0.05, 0) is 76.7 Å². The topological polar surface area (TPSA) is 30.5 Å². The largest absolute Gasteiger partial charge is 0.491 e. The zero-order chi connectivity index (χ0) is 18.8. The molecule has 1 heterocycles. The molecule has 0 bridgehead atoms. The minimum absolute atomic E-state index is 0.312. The third-order valence-corrected chi connectivity index (χ3v) is 5.52. The zero-order valence-electron chi connectivity index (χ0n) is 17.2. The summed E-state index contributed by atoms with van der Waals surface area (Å²) in [6.07, 6.45) is 4.34. The van der Waals surface area contributed by atoms with Crippen molar-refractivity contribution in [3.63, 3.8) is 0 Å². The van der Waals surface area contributed by atoms with Gasteiger partial charge in [-0.3, -0.25) is 0 Å². The summed E-state index contributed by atoms with van der Waals surface area (Å²) in [5.74, 6) is 0. The Balaban J connectivity index is 2.48. The number of hydrogen-bond donors (Lipinski definition) is 1. The van der Waals surface area contributed by atoms with Crippen LogP contribution in [-0.4, -0.2) is 31.9 Å². The highest BCUT2D eigenvalue weighted by Gasteiger charge is 2.52. The number of hydrogen-bond acceptors (Lipinski definition) is 3. The van der Waals surface area contributed by atoms with Crippen LogP contribution in [0.4, 0.5) is 0 Å². The smallest absolute Gasteiger partial charge is 0.400 e. The Hall–Kier alpha value is -1.10. The summed E-state index contributed by atoms with van der Waals surface area (Å²) in [5, 5.41) is 3.28. The van der Waals surface area contributed by atoms with E-state index in [0.717, 1.165) is 24.9 Å². The molecule has 2 rings (SSSR count). The molecule has 4 heteroatoms. The standard InChI is InChI=1S/C21H34BNO2/c1-9-16-11-15(3)12-17(10-2)19(16)13-18(14-23-8)22-24-20(4,5)21(6,7)25-22/h11-13,23H,9-10,14H2,1-8H3. The zero-order valence-corrected chi connectivity index (χ0v) is 17.2. The lowest BCUT2D eigenvalue weighted by atomic mass is 9.76. The van der Waals surface area contributed by atoms with Crippen molar-refractivity contribution in [2.75, 3.05) is 13.6 Å². The summed E-state index contributed by atoms with van der Waals surface area (Å²) in [6, 6.07) is 4.60. The van der Waals surface area contributed by atoms with Gasteiger partial charge >= 0.3 is 7.12 Å². The van der Waals surface area contributed by atoms with E-state index >= 15 is 0 Å². The molecule has 25 heavy (non-hydrogen) atoms. The Morgan fingerprint density at radius 1 is 1.04 bits per heavy atom. The summed E-state index contributed by atoms with van der Waals surface area (Å²) in [4.78, 5) is 0. The van der Waals surface area contributed by atoms with Crippen LogP contribution in [0.25, 0.3) is 6.08 Å². The summed E-state index contributed by atoms with van der Waals surface area (Å²) in [7, 11) is 1.66. The second-order valence-electron chi connectivity index (χ2n) is 8.04. The average Bonchev–Trinajstić information content (AvgIpc) is 2.75. The predicted molar refractivity (Wildman–Crippen MR) is 108 cm³/mol. The average molecular weight is 343 g/mol. The van der Waals surface area contributed by atoms with E-state index in [1.807, 2.05) is 7.05 Å². The molecular formula is C21H34BNO2. The first kappa shape index (κ1) is 20.2. The van der Waals surface area contributed by atoms with Crippen LogP contribution in [-0.2, 0) is 22.2 Å². The highest BCUT2D eigenvalue weighted by Crippen LogP contribution is 2.39. The molecule has 0 radical (unpaired) electrons. The molecule has 0 atom stereocenters. The fraction of sp³-hybridized carbons (Fsp3) is 0.619. The fourth-order valence-electron chi connectivity index (χ4n) is 3.31. The Morgan fingerprint density at radius 2 is 1.52 bits per heavy atom. The highest BCUT2D eigenvalue weighted by atomic mass is 16.7. The summed E-state index contributed by atoms with van der Waals surface area (Å²) >= 11 is 0. The van der Waals surface area contributed by atoms with Gasteiger partial charge in [-0.2, -0.15) is 0 Å². The third-order valence-electron chi connectivity index (χ3n) is 5.52. The minimum Gasteiger partial charge on any atom is -0.400 e. The van der Waals surface area contributed by atoms with Gasteiger partial charge in [0.05, 0.1) is 11.2 Å². The monoisotopic (exact) mass is 343 g/mol. The molecule has 1 aliphatic heterocycles. The lowest BCUT2D eigenvalue weighted by molar-refractivity contribution is 0.00578. The molecule has 0 saturated carbocycles. The molecule has 1 aliphatic rings. The molecule has 1 saturated heterocycles. The first-order chi connectivity index (χ1) is 11.6. The van der Waals surface area contributed by atoms with E-state index in [1.165, 1.54) is 22.3 Å². The van der Waals surface area contributed by atoms with Gasteiger partial charge < -0.3 is 14.6 Å². The Morgan fingerprint density at radius 3 is 1.92 bits per heavy atom. The molecule has 1 fully saturated rings. The van der Waals surface area contributed by atoms with Crippen LogP contribution in [0.5, 0.6) is 0 Å². The van der Waals surface area contributed by atoms with Crippen LogP contribution in [0.1, 0.15) is 63.8 Å². The molecule has 0 aromatic heterocycles. The summed E-state index contributed by atoms with van der Waals surface area (Å²) in [6.45, 7) is 15.8. The van der Waals surface area contributed by atoms with Crippen molar-refractivity contribution in [2.24, 2.45) is 0 Å². The van der Waals surface area contributed by atoms with E-state index in [1.54, 1.807) is 0 Å². The second kappa shape index (κ2) is 7.65. The van der Waals surface area contributed by atoms with Crippen molar-refractivity contribution in [3.8, 4) is 0 Å². The van der Waals surface area contributed by atoms with Crippen molar-refractivity contribution >= 4 is 13.2 Å². The maximum atomic E-state index is 6.29. The van der Waals surface area contributed by atoms with Crippen LogP contribution in [0.15, 0.2) is 17.6 Å². The van der Waals surface area contributed by atoms with Gasteiger partial charge in [0.2, 0.25) is 0 Å². The van der Waals surface area contributed by atoms with E-state index in [2.05, 4.69) is 72.0 Å². The van der Waals surface area contributed by atoms with E-state index in [4.69, 9.17) is 9.31 Å². The molecule has 0 aliphatic carbocycles. The number of likely N-dealkylation sites (N-methyl/N-ethyl adjacent to an activating group) is 1. The minimum atomic E-state index is -0.320. The summed E-state index contributed by atoms with van der Waals surface area (Å²) in [5.41, 5.74) is 5.95. The second-order valence-corrected chi connectivity index (χ2v) is 8.04. The van der Waals surface area contributed by atoms with Gasteiger partial charge in [-0.25, -0.2) is 0 Å². The van der Waals surface area contributed by atoms with Gasteiger partial charge in [-0.1, -0.05) is 37.6 Å². The van der Waals surface area contributed by atoms with Crippen LogP contribution in [0, 0.1) is 6.92 Å². The number of benzene rings is 1. The molecule has 3 nitrogen and oxygen atoms in total. The van der Waals surface area contributed by atoms with Gasteiger partial charge in [0.15, 0.2) is 0 Å². The van der Waals surface area contributed by atoms with Crippen molar-refractivity contribution in [3.05, 3.63) is 39.9 Å². The maximum Gasteiger partial charge on any atom is 0.491 e. The molecule has 1 aromatic carbocycles. The van der Waals surface area contributed by atoms with Crippen molar-refractivity contribution in [1.82, 2.24) is 5.32 Å². The molecule has 138 valence electrons. The Labute approximate surface area is 154 Å². The van der Waals surface area contributed by atoms with Crippen molar-refractivity contribution in [2.45, 2.75) is 72.5 Å². The molecule has 0 amide bonds. The number of rotatable bonds is 6. The van der Waals surface area contributed by atoms with Crippen LogP contribution < -0.4 is 5.32 Å². The predicted octanol–water partition coefficient (Wildman–Crippen LogP) is 4.35. The number of aryl methyl sites for hydroxylation is 3. The van der Waals surface area contributed by atoms with Crippen LogP contribution in [0.3, 0.4) is 0 Å². The van der Waals surface area contributed by atoms with Gasteiger partial charge in [0.25, 0.3) is 0 Å². The lowest BCUT2D eigenvalue weighted by Gasteiger charge is -2.32. The lowest BCUT2D eigenvalue weighted by Crippen LogP contribution is -2.41.